The fourth-order valence-corrected chi connectivity index (χ4v) is 3.74. The Morgan fingerprint density at radius 3 is 2.77 bits per heavy atom. The predicted molar refractivity (Wildman–Crippen MR) is 96.3 cm³/mol. The molecule has 0 aliphatic carbocycles. The first-order chi connectivity index (χ1) is 12.6. The van der Waals surface area contributed by atoms with Gasteiger partial charge in [-0.3, -0.25) is 0 Å². The molecule has 1 aliphatic rings. The molecule has 134 valence electrons. The summed E-state index contributed by atoms with van der Waals surface area (Å²) >= 11 is 1.50. The maximum atomic E-state index is 14.0. The third kappa shape index (κ3) is 3.32. The first-order valence-electron chi connectivity index (χ1n) is 8.25. The Kier molecular flexibility index (Phi) is 4.65. The number of hydrogen-bond acceptors (Lipinski definition) is 5. The van der Waals surface area contributed by atoms with Crippen LogP contribution in [0.15, 0.2) is 47.6 Å². The average Bonchev–Trinajstić information content (AvgIpc) is 2.98. The Bertz CT molecular complexity index is 930. The minimum absolute atomic E-state index is 0.293. The van der Waals surface area contributed by atoms with Gasteiger partial charge in [-0.2, -0.15) is 0 Å². The number of hydrogen-bond donors (Lipinski definition) is 0. The summed E-state index contributed by atoms with van der Waals surface area (Å²) in [5, 5.41) is 8.98. The molecule has 0 amide bonds. The zero-order chi connectivity index (χ0) is 18.1. The SMILES string of the molecule is Cc1nnc(SCc2cc(F)cc3c2O[C@H](c2ccccc2)OC3)n1C. The van der Waals surface area contributed by atoms with Crippen LogP contribution in [0.4, 0.5) is 4.39 Å². The summed E-state index contributed by atoms with van der Waals surface area (Å²) in [6, 6.07) is 12.7. The van der Waals surface area contributed by atoms with Crippen molar-refractivity contribution in [3.8, 4) is 5.75 Å². The summed E-state index contributed by atoms with van der Waals surface area (Å²) in [6.45, 7) is 2.21. The van der Waals surface area contributed by atoms with Crippen molar-refractivity contribution in [2.75, 3.05) is 0 Å². The quantitative estimate of drug-likeness (QED) is 0.645. The summed E-state index contributed by atoms with van der Waals surface area (Å²) < 4.78 is 27.8. The van der Waals surface area contributed by atoms with E-state index in [2.05, 4.69) is 10.2 Å². The van der Waals surface area contributed by atoms with E-state index in [1.54, 1.807) is 0 Å². The molecular weight excluding hydrogens is 353 g/mol. The lowest BCUT2D eigenvalue weighted by Crippen LogP contribution is -2.19. The van der Waals surface area contributed by atoms with Gasteiger partial charge in [0, 0.05) is 29.5 Å². The van der Waals surface area contributed by atoms with Crippen molar-refractivity contribution in [3.05, 3.63) is 70.8 Å². The molecule has 0 radical (unpaired) electrons. The van der Waals surface area contributed by atoms with E-state index in [1.165, 1.54) is 23.9 Å². The van der Waals surface area contributed by atoms with Gasteiger partial charge < -0.3 is 14.0 Å². The highest BCUT2D eigenvalue weighted by atomic mass is 32.2. The van der Waals surface area contributed by atoms with Crippen molar-refractivity contribution in [3.63, 3.8) is 0 Å². The number of ether oxygens (including phenoxy) is 2. The number of thioether (sulfide) groups is 1. The lowest BCUT2D eigenvalue weighted by atomic mass is 10.1. The lowest BCUT2D eigenvalue weighted by Gasteiger charge is -2.28. The van der Waals surface area contributed by atoms with Crippen LogP contribution in [0.5, 0.6) is 5.75 Å². The second-order valence-corrected chi connectivity index (χ2v) is 7.04. The van der Waals surface area contributed by atoms with Gasteiger partial charge in [-0.05, 0) is 19.1 Å². The third-order valence-electron chi connectivity index (χ3n) is 4.30. The van der Waals surface area contributed by atoms with Crippen LogP contribution in [-0.2, 0) is 24.1 Å². The number of aryl methyl sites for hydroxylation is 1. The van der Waals surface area contributed by atoms with Gasteiger partial charge in [-0.1, -0.05) is 42.1 Å². The first-order valence-corrected chi connectivity index (χ1v) is 9.23. The fourth-order valence-electron chi connectivity index (χ4n) is 2.81. The molecule has 0 N–H and O–H groups in total. The van der Waals surface area contributed by atoms with Crippen LogP contribution in [0.2, 0.25) is 0 Å². The van der Waals surface area contributed by atoms with Gasteiger partial charge in [-0.15, -0.1) is 10.2 Å². The zero-order valence-electron chi connectivity index (χ0n) is 14.5. The number of fused-ring (bicyclic) bond motifs is 1. The van der Waals surface area contributed by atoms with E-state index in [0.717, 1.165) is 27.7 Å². The largest absolute Gasteiger partial charge is 0.460 e. The highest BCUT2D eigenvalue weighted by Gasteiger charge is 2.25. The summed E-state index contributed by atoms with van der Waals surface area (Å²) in [5.74, 6) is 1.77. The van der Waals surface area contributed by atoms with Crippen LogP contribution < -0.4 is 4.74 Å². The van der Waals surface area contributed by atoms with Crippen LogP contribution >= 0.6 is 11.8 Å². The molecule has 1 atom stereocenters. The van der Waals surface area contributed by atoms with Crippen LogP contribution in [-0.4, -0.2) is 14.8 Å². The molecule has 7 heteroatoms. The van der Waals surface area contributed by atoms with Gasteiger partial charge in [0.25, 0.3) is 0 Å². The number of rotatable bonds is 4. The second kappa shape index (κ2) is 7.09. The van der Waals surface area contributed by atoms with Gasteiger partial charge in [0.05, 0.1) is 6.61 Å². The molecule has 4 rings (SSSR count). The maximum Gasteiger partial charge on any atom is 0.227 e. The number of benzene rings is 2. The third-order valence-corrected chi connectivity index (χ3v) is 5.37. The monoisotopic (exact) mass is 371 g/mol. The Balaban J connectivity index is 1.60. The Labute approximate surface area is 155 Å². The predicted octanol–water partition coefficient (Wildman–Crippen LogP) is 4.16. The van der Waals surface area contributed by atoms with E-state index in [-0.39, 0.29) is 5.82 Å². The van der Waals surface area contributed by atoms with Crippen LogP contribution in [0.25, 0.3) is 0 Å². The summed E-state index contributed by atoms with van der Waals surface area (Å²) in [5.41, 5.74) is 2.45. The van der Waals surface area contributed by atoms with Crippen LogP contribution in [0, 0.1) is 12.7 Å². The molecule has 2 aromatic carbocycles. The minimum atomic E-state index is -0.491. The number of halogens is 1. The second-order valence-electron chi connectivity index (χ2n) is 6.10. The Morgan fingerprint density at radius 2 is 2.04 bits per heavy atom. The number of nitrogens with zero attached hydrogens (tertiary/aromatic N) is 3. The topological polar surface area (TPSA) is 49.2 Å². The molecule has 26 heavy (non-hydrogen) atoms. The Hall–Kier alpha value is -2.38. The van der Waals surface area contributed by atoms with Gasteiger partial charge >= 0.3 is 0 Å². The van der Waals surface area contributed by atoms with E-state index >= 15 is 0 Å². The van der Waals surface area contributed by atoms with E-state index in [0.29, 0.717) is 18.1 Å². The molecular formula is C19H18FN3O2S. The molecule has 0 bridgehead atoms. The molecule has 0 fully saturated rings. The van der Waals surface area contributed by atoms with Crippen molar-refractivity contribution in [1.29, 1.82) is 0 Å². The van der Waals surface area contributed by atoms with Gasteiger partial charge in [0.2, 0.25) is 6.29 Å². The van der Waals surface area contributed by atoms with Crippen molar-refractivity contribution >= 4 is 11.8 Å². The normalized spacial score (nSPS) is 16.2. The summed E-state index contributed by atoms with van der Waals surface area (Å²) in [6.07, 6.45) is -0.491. The summed E-state index contributed by atoms with van der Waals surface area (Å²) in [7, 11) is 1.91. The zero-order valence-corrected chi connectivity index (χ0v) is 15.3. The molecule has 1 aromatic heterocycles. The standard InChI is InChI=1S/C19H18FN3O2S/c1-12-21-22-19(23(12)2)26-11-15-9-16(20)8-14-10-24-18(25-17(14)15)13-6-4-3-5-7-13/h3-9,18H,10-11H2,1-2H3/t18-/m1/s1. The lowest BCUT2D eigenvalue weighted by molar-refractivity contribution is -0.112. The Morgan fingerprint density at radius 1 is 1.23 bits per heavy atom. The molecule has 0 spiro atoms. The minimum Gasteiger partial charge on any atom is -0.460 e. The van der Waals surface area contributed by atoms with Crippen LogP contribution in [0.3, 0.4) is 0 Å². The van der Waals surface area contributed by atoms with Crippen molar-refractivity contribution < 1.29 is 13.9 Å². The highest BCUT2D eigenvalue weighted by molar-refractivity contribution is 7.98. The highest BCUT2D eigenvalue weighted by Crippen LogP contribution is 2.38. The van der Waals surface area contributed by atoms with Gasteiger partial charge in [0.1, 0.15) is 17.4 Å². The molecule has 0 saturated heterocycles. The van der Waals surface area contributed by atoms with E-state index in [1.807, 2.05) is 48.9 Å². The summed E-state index contributed by atoms with van der Waals surface area (Å²) in [4.78, 5) is 0. The first kappa shape index (κ1) is 17.1. The van der Waals surface area contributed by atoms with E-state index < -0.39 is 6.29 Å². The molecule has 0 saturated carbocycles. The molecule has 1 aliphatic heterocycles. The van der Waals surface area contributed by atoms with Crippen molar-refractivity contribution in [2.45, 2.75) is 30.7 Å². The molecule has 3 aromatic rings. The molecule has 5 nitrogen and oxygen atoms in total. The smallest absolute Gasteiger partial charge is 0.227 e. The van der Waals surface area contributed by atoms with Crippen molar-refractivity contribution in [2.24, 2.45) is 7.05 Å². The number of aromatic nitrogens is 3. The molecule has 0 unspecified atom stereocenters. The van der Waals surface area contributed by atoms with Gasteiger partial charge in [0.15, 0.2) is 5.16 Å². The fraction of sp³-hybridized carbons (Fsp3) is 0.263. The van der Waals surface area contributed by atoms with Crippen molar-refractivity contribution in [1.82, 2.24) is 14.8 Å². The molecule has 2 heterocycles. The van der Waals surface area contributed by atoms with Gasteiger partial charge in [-0.25, -0.2) is 4.39 Å². The van der Waals surface area contributed by atoms with E-state index in [9.17, 15) is 4.39 Å². The van der Waals surface area contributed by atoms with Crippen LogP contribution in [0.1, 0.15) is 28.8 Å². The average molecular weight is 371 g/mol. The maximum absolute atomic E-state index is 14.0. The van der Waals surface area contributed by atoms with E-state index in [4.69, 9.17) is 9.47 Å².